The number of hydrogen-bond acceptors (Lipinski definition) is 5. The van der Waals surface area contributed by atoms with Crippen molar-refractivity contribution in [3.05, 3.63) is 79.6 Å². The van der Waals surface area contributed by atoms with E-state index in [4.69, 9.17) is 14.2 Å². The molecule has 1 heterocycles. The summed E-state index contributed by atoms with van der Waals surface area (Å²) in [6, 6.07) is 19.6. The molecular formula is C25H19BrIN3O3. The van der Waals surface area contributed by atoms with Crippen molar-refractivity contribution in [2.75, 3.05) is 14.2 Å². The Morgan fingerprint density at radius 3 is 2.61 bits per heavy atom. The fourth-order valence-electron chi connectivity index (χ4n) is 3.26. The van der Waals surface area contributed by atoms with Crippen molar-refractivity contribution in [2.45, 2.75) is 6.61 Å². The number of methoxy groups -OCH3 is 2. The first-order chi connectivity index (χ1) is 16.0. The lowest BCUT2D eigenvalue weighted by molar-refractivity contribution is 0.282. The van der Waals surface area contributed by atoms with Gasteiger partial charge >= 0.3 is 0 Å². The Morgan fingerprint density at radius 2 is 1.91 bits per heavy atom. The van der Waals surface area contributed by atoms with Crippen molar-refractivity contribution in [3.63, 3.8) is 0 Å². The number of H-pyrrole nitrogens is 1. The van der Waals surface area contributed by atoms with Crippen LogP contribution in [0.3, 0.4) is 0 Å². The number of imidazole rings is 1. The van der Waals surface area contributed by atoms with E-state index in [2.05, 4.69) is 54.6 Å². The number of nitriles is 1. The second-order valence-electron chi connectivity index (χ2n) is 7.09. The largest absolute Gasteiger partial charge is 0.497 e. The number of nitrogens with zero attached hydrogens (tertiary/aromatic N) is 2. The fraction of sp³-hybridized carbons (Fsp3) is 0.120. The number of aromatic amines is 1. The van der Waals surface area contributed by atoms with Crippen LogP contribution in [0.5, 0.6) is 17.2 Å². The van der Waals surface area contributed by atoms with Crippen LogP contribution in [0.1, 0.15) is 17.0 Å². The summed E-state index contributed by atoms with van der Waals surface area (Å²) in [6.45, 7) is 0.410. The summed E-state index contributed by atoms with van der Waals surface area (Å²) in [7, 11) is 3.20. The van der Waals surface area contributed by atoms with Gasteiger partial charge in [0, 0.05) is 9.64 Å². The molecule has 33 heavy (non-hydrogen) atoms. The van der Waals surface area contributed by atoms with E-state index in [0.29, 0.717) is 29.5 Å². The maximum atomic E-state index is 9.78. The maximum Gasteiger partial charge on any atom is 0.175 e. The van der Waals surface area contributed by atoms with Crippen LogP contribution in [0.2, 0.25) is 0 Å². The molecule has 0 aliphatic heterocycles. The van der Waals surface area contributed by atoms with E-state index in [-0.39, 0.29) is 0 Å². The first-order valence-electron chi connectivity index (χ1n) is 9.91. The molecule has 0 atom stereocenters. The van der Waals surface area contributed by atoms with E-state index >= 15 is 0 Å². The monoisotopic (exact) mass is 615 g/mol. The summed E-state index contributed by atoms with van der Waals surface area (Å²) in [5.74, 6) is 2.36. The number of fused-ring (bicyclic) bond motifs is 1. The van der Waals surface area contributed by atoms with Gasteiger partial charge in [0.25, 0.3) is 0 Å². The lowest BCUT2D eigenvalue weighted by atomic mass is 10.1. The summed E-state index contributed by atoms with van der Waals surface area (Å²) in [6.07, 6.45) is 1.76. The second-order valence-corrected chi connectivity index (χ2v) is 9.19. The number of allylic oxidation sites excluding steroid dienone is 1. The summed E-state index contributed by atoms with van der Waals surface area (Å²) in [5.41, 5.74) is 3.77. The standard InChI is InChI=1S/C25H19BrIN3O3/c1-31-19-7-8-21-22(12-19)30-25(29-21)17(13-28)9-16-10-20(26)24(23(11-16)32-2)33-14-15-3-5-18(27)6-4-15/h3-12H,14H2,1-2H3,(H,29,30)/b17-9-. The van der Waals surface area contributed by atoms with Crippen LogP contribution in [0, 0.1) is 14.9 Å². The molecule has 0 saturated heterocycles. The number of rotatable bonds is 7. The molecule has 0 fully saturated rings. The van der Waals surface area contributed by atoms with Gasteiger partial charge in [-0.15, -0.1) is 0 Å². The Bertz CT molecular complexity index is 1370. The van der Waals surface area contributed by atoms with Gasteiger partial charge in [-0.2, -0.15) is 5.26 Å². The summed E-state index contributed by atoms with van der Waals surface area (Å²) < 4.78 is 18.7. The number of ether oxygens (including phenoxy) is 3. The van der Waals surface area contributed by atoms with Gasteiger partial charge in [-0.3, -0.25) is 0 Å². The molecule has 0 spiro atoms. The van der Waals surface area contributed by atoms with E-state index in [0.717, 1.165) is 32.4 Å². The van der Waals surface area contributed by atoms with Crippen molar-refractivity contribution in [1.29, 1.82) is 5.26 Å². The van der Waals surface area contributed by atoms with Gasteiger partial charge in [-0.1, -0.05) is 12.1 Å². The molecule has 0 radical (unpaired) electrons. The quantitative estimate of drug-likeness (QED) is 0.187. The van der Waals surface area contributed by atoms with Gasteiger partial charge in [0.1, 0.15) is 24.3 Å². The third-order valence-corrected chi connectivity index (χ3v) is 6.23. The molecule has 8 heteroatoms. The zero-order chi connectivity index (χ0) is 23.4. The highest BCUT2D eigenvalue weighted by Gasteiger charge is 2.14. The Morgan fingerprint density at radius 1 is 1.12 bits per heavy atom. The Labute approximate surface area is 213 Å². The number of halogens is 2. The Kier molecular flexibility index (Phi) is 7.20. The van der Waals surface area contributed by atoms with E-state index in [1.165, 1.54) is 3.57 Å². The molecule has 1 aromatic heterocycles. The van der Waals surface area contributed by atoms with Gasteiger partial charge in [0.2, 0.25) is 0 Å². The minimum atomic E-state index is 0.395. The van der Waals surface area contributed by atoms with Crippen molar-refractivity contribution in [1.82, 2.24) is 9.97 Å². The molecule has 3 aromatic carbocycles. The van der Waals surface area contributed by atoms with Crippen LogP contribution in [-0.2, 0) is 6.61 Å². The van der Waals surface area contributed by atoms with Gasteiger partial charge in [0.05, 0.1) is 35.3 Å². The highest BCUT2D eigenvalue weighted by molar-refractivity contribution is 14.1. The minimum Gasteiger partial charge on any atom is -0.497 e. The van der Waals surface area contributed by atoms with Crippen LogP contribution in [-0.4, -0.2) is 24.2 Å². The highest BCUT2D eigenvalue weighted by atomic mass is 127. The number of aromatic nitrogens is 2. The molecule has 0 amide bonds. The van der Waals surface area contributed by atoms with Gasteiger partial charge in [0.15, 0.2) is 11.5 Å². The van der Waals surface area contributed by atoms with E-state index in [9.17, 15) is 5.26 Å². The summed E-state index contributed by atoms with van der Waals surface area (Å²) in [4.78, 5) is 7.73. The lowest BCUT2D eigenvalue weighted by Gasteiger charge is -2.14. The molecule has 4 aromatic rings. The van der Waals surface area contributed by atoms with E-state index < -0.39 is 0 Å². The molecule has 0 saturated carbocycles. The number of hydrogen-bond donors (Lipinski definition) is 1. The second kappa shape index (κ2) is 10.3. The molecule has 0 bridgehead atoms. The average molecular weight is 616 g/mol. The minimum absolute atomic E-state index is 0.395. The zero-order valence-electron chi connectivity index (χ0n) is 17.9. The molecule has 4 rings (SSSR count). The normalized spacial score (nSPS) is 11.3. The van der Waals surface area contributed by atoms with Crippen LogP contribution in [0.25, 0.3) is 22.7 Å². The first kappa shape index (κ1) is 23.1. The van der Waals surface area contributed by atoms with Crippen LogP contribution >= 0.6 is 38.5 Å². The van der Waals surface area contributed by atoms with E-state index in [1.54, 1.807) is 20.3 Å². The van der Waals surface area contributed by atoms with Crippen LogP contribution in [0.15, 0.2) is 59.1 Å². The third-order valence-electron chi connectivity index (χ3n) is 4.92. The Balaban J connectivity index is 1.63. The SMILES string of the molecule is COc1ccc2nc(/C(C#N)=C\c3cc(Br)c(OCc4ccc(I)cc4)c(OC)c3)[nH]c2c1. The van der Waals surface area contributed by atoms with Crippen molar-refractivity contribution in [3.8, 4) is 23.3 Å². The van der Waals surface area contributed by atoms with Gasteiger partial charge < -0.3 is 19.2 Å². The van der Waals surface area contributed by atoms with E-state index in [1.807, 2.05) is 54.6 Å². The van der Waals surface area contributed by atoms with Crippen molar-refractivity contribution >= 4 is 61.2 Å². The molecule has 6 nitrogen and oxygen atoms in total. The topological polar surface area (TPSA) is 80.2 Å². The summed E-state index contributed by atoms with van der Waals surface area (Å²) >= 11 is 5.85. The Hall–Kier alpha value is -3.03. The molecule has 166 valence electrons. The van der Waals surface area contributed by atoms with Crippen LogP contribution < -0.4 is 14.2 Å². The van der Waals surface area contributed by atoms with Gasteiger partial charge in [-0.05, 0) is 92.1 Å². The van der Waals surface area contributed by atoms with Crippen LogP contribution in [0.4, 0.5) is 0 Å². The molecule has 0 aliphatic carbocycles. The smallest absolute Gasteiger partial charge is 0.175 e. The van der Waals surface area contributed by atoms with Crippen molar-refractivity contribution < 1.29 is 14.2 Å². The number of benzene rings is 3. The fourth-order valence-corrected chi connectivity index (χ4v) is 4.20. The molecular weight excluding hydrogens is 597 g/mol. The predicted octanol–water partition coefficient (Wildman–Crippen LogP) is 6.59. The van der Waals surface area contributed by atoms with Crippen molar-refractivity contribution in [2.24, 2.45) is 0 Å². The highest BCUT2D eigenvalue weighted by Crippen LogP contribution is 2.38. The maximum absolute atomic E-state index is 9.78. The zero-order valence-corrected chi connectivity index (χ0v) is 21.6. The molecule has 0 aliphatic rings. The molecule has 1 N–H and O–H groups in total. The predicted molar refractivity (Wildman–Crippen MR) is 140 cm³/mol. The first-order valence-corrected chi connectivity index (χ1v) is 11.8. The molecule has 0 unspecified atom stereocenters. The average Bonchev–Trinajstić information content (AvgIpc) is 3.25. The third kappa shape index (κ3) is 5.31. The summed E-state index contributed by atoms with van der Waals surface area (Å²) in [5, 5.41) is 9.78. The number of nitrogens with one attached hydrogen (secondary N) is 1. The van der Waals surface area contributed by atoms with Gasteiger partial charge in [-0.25, -0.2) is 4.98 Å². The lowest BCUT2D eigenvalue weighted by Crippen LogP contribution is -1.99.